The highest BCUT2D eigenvalue weighted by Crippen LogP contribution is 2.27. The first-order valence-corrected chi connectivity index (χ1v) is 4.12. The molecule has 0 saturated heterocycles. The zero-order chi connectivity index (χ0) is 9.99. The Kier molecular flexibility index (Phi) is 3.42. The van der Waals surface area contributed by atoms with Gasteiger partial charge in [0.2, 0.25) is 0 Å². The van der Waals surface area contributed by atoms with Gasteiger partial charge in [0.1, 0.15) is 6.61 Å². The highest BCUT2D eigenvalue weighted by molar-refractivity contribution is 5.85. The number of Topliss-reactive ketones (excluding diaryl/α,β-unsaturated/α-hetero) is 1. The van der Waals surface area contributed by atoms with E-state index in [1.165, 1.54) is 0 Å². The summed E-state index contributed by atoms with van der Waals surface area (Å²) in [6.07, 6.45) is 0.583. The highest BCUT2D eigenvalue weighted by atomic mass is 16.3. The fraction of sp³-hybridized carbons (Fsp3) is 0.889. The van der Waals surface area contributed by atoms with E-state index in [1.807, 2.05) is 13.8 Å². The van der Waals surface area contributed by atoms with Crippen LogP contribution >= 0.6 is 0 Å². The molecular formula is C9H19NO2. The molecule has 0 unspecified atom stereocenters. The molecule has 0 saturated carbocycles. The van der Waals surface area contributed by atoms with Gasteiger partial charge in [0.25, 0.3) is 0 Å². The number of hydrogen-bond acceptors (Lipinski definition) is 3. The van der Waals surface area contributed by atoms with Crippen molar-refractivity contribution in [1.29, 1.82) is 0 Å². The Morgan fingerprint density at radius 2 is 1.75 bits per heavy atom. The third-order valence-corrected chi connectivity index (χ3v) is 1.80. The Morgan fingerprint density at radius 3 is 2.00 bits per heavy atom. The lowest BCUT2D eigenvalue weighted by atomic mass is 9.77. The van der Waals surface area contributed by atoms with Gasteiger partial charge in [0, 0.05) is 11.0 Å². The minimum atomic E-state index is -0.521. The van der Waals surface area contributed by atoms with Crippen molar-refractivity contribution < 1.29 is 9.90 Å². The van der Waals surface area contributed by atoms with Gasteiger partial charge in [-0.1, -0.05) is 13.8 Å². The summed E-state index contributed by atoms with van der Waals surface area (Å²) in [4.78, 5) is 11.2. The normalized spacial score (nSPS) is 13.2. The molecule has 3 N–H and O–H groups in total. The molecule has 0 heterocycles. The standard InChI is InChI=1S/C9H19NO2/c1-8(2,7(12)5-11)6-9(3,4)10/h11H,5-6,10H2,1-4H3. The minimum absolute atomic E-state index is 0.152. The molecule has 0 aliphatic rings. The summed E-state index contributed by atoms with van der Waals surface area (Å²) in [5.41, 5.74) is 4.89. The molecule has 0 bridgehead atoms. The zero-order valence-corrected chi connectivity index (χ0v) is 8.35. The van der Waals surface area contributed by atoms with Crippen LogP contribution < -0.4 is 5.73 Å². The number of carbonyl (C=O) groups excluding carboxylic acids is 1. The lowest BCUT2D eigenvalue weighted by Crippen LogP contribution is -2.41. The molecule has 0 fully saturated rings. The molecule has 0 amide bonds. The molecule has 3 nitrogen and oxygen atoms in total. The first kappa shape index (κ1) is 11.6. The fourth-order valence-corrected chi connectivity index (χ4v) is 1.45. The van der Waals surface area contributed by atoms with Gasteiger partial charge in [0.15, 0.2) is 5.78 Å². The zero-order valence-electron chi connectivity index (χ0n) is 8.35. The van der Waals surface area contributed by atoms with Crippen LogP contribution in [0.5, 0.6) is 0 Å². The van der Waals surface area contributed by atoms with Crippen LogP contribution in [0.15, 0.2) is 0 Å². The second-order valence-corrected chi connectivity index (χ2v) is 4.63. The second-order valence-electron chi connectivity index (χ2n) is 4.63. The third-order valence-electron chi connectivity index (χ3n) is 1.80. The Balaban J connectivity index is 4.32. The van der Waals surface area contributed by atoms with Crippen molar-refractivity contribution in [3.8, 4) is 0 Å². The van der Waals surface area contributed by atoms with Gasteiger partial charge in [-0.2, -0.15) is 0 Å². The van der Waals surface area contributed by atoms with Gasteiger partial charge in [-0.05, 0) is 20.3 Å². The van der Waals surface area contributed by atoms with E-state index in [9.17, 15) is 4.79 Å². The summed E-state index contributed by atoms with van der Waals surface area (Å²) in [7, 11) is 0. The number of ketones is 1. The Labute approximate surface area is 74.0 Å². The highest BCUT2D eigenvalue weighted by Gasteiger charge is 2.31. The largest absolute Gasteiger partial charge is 0.389 e. The van der Waals surface area contributed by atoms with Crippen molar-refractivity contribution in [3.05, 3.63) is 0 Å². The van der Waals surface area contributed by atoms with Crippen LogP contribution in [0, 0.1) is 5.41 Å². The van der Waals surface area contributed by atoms with Crippen molar-refractivity contribution in [2.45, 2.75) is 39.7 Å². The van der Waals surface area contributed by atoms with Gasteiger partial charge in [-0.3, -0.25) is 4.79 Å². The average Bonchev–Trinajstić information content (AvgIpc) is 1.80. The summed E-state index contributed by atoms with van der Waals surface area (Å²) >= 11 is 0. The monoisotopic (exact) mass is 173 g/mol. The molecule has 0 rings (SSSR count). The number of rotatable bonds is 4. The van der Waals surface area contributed by atoms with Crippen molar-refractivity contribution in [3.63, 3.8) is 0 Å². The SMILES string of the molecule is CC(C)(N)CC(C)(C)C(=O)CO. The maximum absolute atomic E-state index is 11.2. The van der Waals surface area contributed by atoms with Gasteiger partial charge in [0.05, 0.1) is 0 Å². The van der Waals surface area contributed by atoms with Gasteiger partial charge < -0.3 is 10.8 Å². The van der Waals surface area contributed by atoms with Crippen LogP contribution in [0.3, 0.4) is 0 Å². The van der Waals surface area contributed by atoms with E-state index in [1.54, 1.807) is 13.8 Å². The molecular weight excluding hydrogens is 154 g/mol. The van der Waals surface area contributed by atoms with Gasteiger partial charge >= 0.3 is 0 Å². The summed E-state index contributed by atoms with van der Waals surface area (Å²) in [5.74, 6) is -0.152. The molecule has 0 aromatic carbocycles. The second kappa shape index (κ2) is 3.54. The molecule has 0 aromatic heterocycles. The van der Waals surface area contributed by atoms with Gasteiger partial charge in [-0.15, -0.1) is 0 Å². The smallest absolute Gasteiger partial charge is 0.163 e. The first-order chi connectivity index (χ1) is 5.19. The molecule has 12 heavy (non-hydrogen) atoms. The van der Waals surface area contributed by atoms with Crippen molar-refractivity contribution in [2.24, 2.45) is 11.1 Å². The number of nitrogens with two attached hydrogens (primary N) is 1. The molecule has 0 aromatic rings. The van der Waals surface area contributed by atoms with Crippen molar-refractivity contribution in [1.82, 2.24) is 0 Å². The molecule has 0 aliphatic heterocycles. The fourth-order valence-electron chi connectivity index (χ4n) is 1.45. The van der Waals surface area contributed by atoms with Crippen molar-refractivity contribution >= 4 is 5.78 Å². The Bertz CT molecular complexity index is 168. The predicted octanol–water partition coefficient (Wildman–Crippen LogP) is 0.701. The van der Waals surface area contributed by atoms with E-state index in [4.69, 9.17) is 10.8 Å². The number of aliphatic hydroxyl groups excluding tert-OH is 1. The maximum atomic E-state index is 11.2. The number of aliphatic hydroxyl groups is 1. The van der Waals surface area contributed by atoms with E-state index in [0.29, 0.717) is 6.42 Å². The van der Waals surface area contributed by atoms with Crippen LogP contribution in [-0.2, 0) is 4.79 Å². The van der Waals surface area contributed by atoms with Crippen LogP contribution in [0.25, 0.3) is 0 Å². The molecule has 0 spiro atoms. The number of hydrogen-bond donors (Lipinski definition) is 2. The predicted molar refractivity (Wildman–Crippen MR) is 48.8 cm³/mol. The third kappa shape index (κ3) is 3.83. The average molecular weight is 173 g/mol. The Hall–Kier alpha value is -0.410. The lowest BCUT2D eigenvalue weighted by Gasteiger charge is -2.30. The van der Waals surface area contributed by atoms with Crippen molar-refractivity contribution in [2.75, 3.05) is 6.61 Å². The number of carbonyl (C=O) groups is 1. The van der Waals surface area contributed by atoms with E-state index in [2.05, 4.69) is 0 Å². The molecule has 72 valence electrons. The van der Waals surface area contributed by atoms with E-state index < -0.39 is 12.0 Å². The summed E-state index contributed by atoms with van der Waals surface area (Å²) in [5, 5.41) is 8.68. The minimum Gasteiger partial charge on any atom is -0.389 e. The van der Waals surface area contributed by atoms with E-state index in [0.717, 1.165) is 0 Å². The topological polar surface area (TPSA) is 63.3 Å². The quantitative estimate of drug-likeness (QED) is 0.658. The molecule has 0 radical (unpaired) electrons. The van der Waals surface area contributed by atoms with Crippen LogP contribution in [0.1, 0.15) is 34.1 Å². The van der Waals surface area contributed by atoms with Crippen LogP contribution in [-0.4, -0.2) is 23.0 Å². The first-order valence-electron chi connectivity index (χ1n) is 4.12. The van der Waals surface area contributed by atoms with E-state index >= 15 is 0 Å². The molecule has 0 atom stereocenters. The van der Waals surface area contributed by atoms with Crippen LogP contribution in [0.4, 0.5) is 0 Å². The van der Waals surface area contributed by atoms with E-state index in [-0.39, 0.29) is 11.3 Å². The summed E-state index contributed by atoms with van der Waals surface area (Å²) in [6.45, 7) is 6.96. The van der Waals surface area contributed by atoms with Gasteiger partial charge in [-0.25, -0.2) is 0 Å². The lowest BCUT2D eigenvalue weighted by molar-refractivity contribution is -0.130. The molecule has 0 aliphatic carbocycles. The maximum Gasteiger partial charge on any atom is 0.163 e. The summed E-state index contributed by atoms with van der Waals surface area (Å²) < 4.78 is 0. The summed E-state index contributed by atoms with van der Waals surface area (Å²) in [6, 6.07) is 0. The van der Waals surface area contributed by atoms with Crippen LogP contribution in [0.2, 0.25) is 0 Å². The molecule has 3 heteroatoms. The Morgan fingerprint density at radius 1 is 1.33 bits per heavy atom.